The number of rotatable bonds is 5. The fraction of sp³-hybridized carbons (Fsp3) is 0.263. The minimum absolute atomic E-state index is 0.0528. The number of hydrogen-bond acceptors (Lipinski definition) is 5. The molecule has 6 nitrogen and oxygen atoms in total. The molecule has 0 aromatic heterocycles. The van der Waals surface area contributed by atoms with E-state index in [1.807, 2.05) is 0 Å². The summed E-state index contributed by atoms with van der Waals surface area (Å²) in [5.41, 5.74) is 1.98. The Morgan fingerprint density at radius 3 is 2.50 bits per heavy atom. The van der Waals surface area contributed by atoms with E-state index >= 15 is 0 Å². The molecule has 26 heavy (non-hydrogen) atoms. The molecule has 3 rings (SSSR count). The molecule has 1 atom stereocenters. The lowest BCUT2D eigenvalue weighted by Gasteiger charge is -2.29. The molecule has 1 aliphatic rings. The fourth-order valence-corrected chi connectivity index (χ4v) is 3.30. The zero-order chi connectivity index (χ0) is 18.8. The van der Waals surface area contributed by atoms with Crippen molar-refractivity contribution < 1.29 is 23.4 Å². The first-order valence-corrected chi connectivity index (χ1v) is 7.96. The molecule has 1 heterocycles. The van der Waals surface area contributed by atoms with Crippen LogP contribution in [0.3, 0.4) is 0 Å². The van der Waals surface area contributed by atoms with Gasteiger partial charge in [0.1, 0.15) is 5.82 Å². The van der Waals surface area contributed by atoms with Gasteiger partial charge in [-0.25, -0.2) is 4.39 Å². The monoisotopic (exact) mass is 358 g/mol. The van der Waals surface area contributed by atoms with Crippen molar-refractivity contribution in [2.75, 3.05) is 26.6 Å². The summed E-state index contributed by atoms with van der Waals surface area (Å²) in [5, 5.41) is 10.2. The molecule has 1 amide bonds. The third-order valence-electron chi connectivity index (χ3n) is 4.44. The Morgan fingerprint density at radius 2 is 1.88 bits per heavy atom. The lowest BCUT2D eigenvalue weighted by atomic mass is 9.83. The van der Waals surface area contributed by atoms with Crippen LogP contribution in [-0.2, 0) is 4.79 Å². The number of nitrogens with one attached hydrogen (secondary N) is 2. The summed E-state index contributed by atoms with van der Waals surface area (Å²) in [6.45, 7) is 0. The average Bonchev–Trinajstić information content (AvgIpc) is 2.65. The molecule has 2 N–H and O–H groups in total. The number of halogens is 1. The van der Waals surface area contributed by atoms with Crippen molar-refractivity contribution in [3.8, 4) is 17.2 Å². The number of amides is 1. The van der Waals surface area contributed by atoms with Gasteiger partial charge in [-0.3, -0.25) is 4.79 Å². The molecule has 0 spiro atoms. The molecule has 0 aliphatic carbocycles. The molecule has 0 radical (unpaired) electrons. The molecule has 0 fully saturated rings. The minimum atomic E-state index is -0.576. The predicted molar refractivity (Wildman–Crippen MR) is 95.5 cm³/mol. The van der Waals surface area contributed by atoms with Crippen LogP contribution in [0.5, 0.6) is 17.2 Å². The van der Waals surface area contributed by atoms with Gasteiger partial charge in [-0.15, -0.1) is 0 Å². The van der Waals surface area contributed by atoms with E-state index in [0.717, 1.165) is 6.21 Å². The summed E-state index contributed by atoms with van der Waals surface area (Å²) in [5.74, 6) is -0.106. The van der Waals surface area contributed by atoms with E-state index in [1.165, 1.54) is 33.5 Å². The highest BCUT2D eigenvalue weighted by Crippen LogP contribution is 2.51. The number of benzene rings is 2. The molecular formula is C19H19FN2O4. The maximum absolute atomic E-state index is 14.6. The second-order valence-electron chi connectivity index (χ2n) is 5.84. The van der Waals surface area contributed by atoms with Crippen LogP contribution in [0.2, 0.25) is 0 Å². The smallest absolute Gasteiger partial charge is 0.225 e. The van der Waals surface area contributed by atoms with Crippen LogP contribution in [0.4, 0.5) is 10.1 Å². The molecule has 0 bridgehead atoms. The summed E-state index contributed by atoms with van der Waals surface area (Å²) >= 11 is 0. The van der Waals surface area contributed by atoms with Crippen molar-refractivity contribution in [2.45, 2.75) is 12.3 Å². The van der Waals surface area contributed by atoms with Crippen LogP contribution in [0.25, 0.3) is 0 Å². The molecule has 136 valence electrons. The number of fused-ring (bicyclic) bond motifs is 1. The largest absolute Gasteiger partial charge is 0.493 e. The van der Waals surface area contributed by atoms with Crippen molar-refractivity contribution in [3.63, 3.8) is 0 Å². The average molecular weight is 358 g/mol. The van der Waals surface area contributed by atoms with Crippen LogP contribution < -0.4 is 19.5 Å². The van der Waals surface area contributed by atoms with Crippen LogP contribution in [0.15, 0.2) is 24.3 Å². The highest BCUT2D eigenvalue weighted by molar-refractivity contribution is 5.97. The summed E-state index contributed by atoms with van der Waals surface area (Å²) in [6, 6.07) is 6.03. The minimum Gasteiger partial charge on any atom is -0.493 e. The van der Waals surface area contributed by atoms with Crippen molar-refractivity contribution in [2.24, 2.45) is 0 Å². The van der Waals surface area contributed by atoms with Gasteiger partial charge in [0.2, 0.25) is 11.7 Å². The maximum Gasteiger partial charge on any atom is 0.225 e. The molecule has 2 aromatic carbocycles. The standard InChI is InChI=1S/C19H19FN2O4/c1-24-15-8-14-17(19(26-3)18(15)25-2)12(7-16(23)22-14)11-6-10(9-21)4-5-13(11)20/h4-6,8-9,12,21H,7H2,1-3H3,(H,22,23). The van der Waals surface area contributed by atoms with E-state index in [-0.39, 0.29) is 12.3 Å². The Morgan fingerprint density at radius 1 is 1.15 bits per heavy atom. The van der Waals surface area contributed by atoms with Gasteiger partial charge in [-0.1, -0.05) is 6.07 Å². The lowest BCUT2D eigenvalue weighted by Crippen LogP contribution is -2.25. The van der Waals surface area contributed by atoms with Gasteiger partial charge < -0.3 is 24.9 Å². The number of methoxy groups -OCH3 is 3. The molecule has 7 heteroatoms. The summed E-state index contributed by atoms with van der Waals surface area (Å²) in [6.07, 6.45) is 1.19. The molecule has 1 unspecified atom stereocenters. The third kappa shape index (κ3) is 2.85. The van der Waals surface area contributed by atoms with Gasteiger partial charge in [-0.2, -0.15) is 0 Å². The van der Waals surface area contributed by atoms with Crippen molar-refractivity contribution in [3.05, 3.63) is 46.8 Å². The van der Waals surface area contributed by atoms with Gasteiger partial charge in [0.15, 0.2) is 11.5 Å². The van der Waals surface area contributed by atoms with Gasteiger partial charge in [0.05, 0.1) is 27.0 Å². The van der Waals surface area contributed by atoms with Gasteiger partial charge in [0.25, 0.3) is 0 Å². The zero-order valence-electron chi connectivity index (χ0n) is 14.7. The zero-order valence-corrected chi connectivity index (χ0v) is 14.7. The van der Waals surface area contributed by atoms with E-state index < -0.39 is 11.7 Å². The molecule has 2 aromatic rings. The number of ether oxygens (including phenoxy) is 3. The third-order valence-corrected chi connectivity index (χ3v) is 4.44. The Labute approximate surface area is 150 Å². The van der Waals surface area contributed by atoms with Crippen LogP contribution >= 0.6 is 0 Å². The quantitative estimate of drug-likeness (QED) is 0.804. The van der Waals surface area contributed by atoms with Crippen LogP contribution in [-0.4, -0.2) is 33.5 Å². The van der Waals surface area contributed by atoms with E-state index in [0.29, 0.717) is 39.6 Å². The number of anilines is 1. The highest BCUT2D eigenvalue weighted by atomic mass is 19.1. The maximum atomic E-state index is 14.6. The number of hydrogen-bond donors (Lipinski definition) is 2. The number of carbonyl (C=O) groups is 1. The van der Waals surface area contributed by atoms with E-state index in [4.69, 9.17) is 19.6 Å². The van der Waals surface area contributed by atoms with Crippen LogP contribution in [0, 0.1) is 11.2 Å². The lowest BCUT2D eigenvalue weighted by molar-refractivity contribution is -0.116. The second-order valence-corrected chi connectivity index (χ2v) is 5.84. The first-order valence-electron chi connectivity index (χ1n) is 7.96. The van der Waals surface area contributed by atoms with Gasteiger partial charge >= 0.3 is 0 Å². The predicted octanol–water partition coefficient (Wildman–Crippen LogP) is 3.32. The topological polar surface area (TPSA) is 80.6 Å². The molecule has 1 aliphatic heterocycles. The number of carbonyl (C=O) groups excluding carboxylic acids is 1. The van der Waals surface area contributed by atoms with Crippen molar-refractivity contribution in [1.29, 1.82) is 5.41 Å². The first kappa shape index (κ1) is 17.7. The Bertz CT molecular complexity index is 882. The summed E-state index contributed by atoms with van der Waals surface area (Å²) < 4.78 is 30.8. The molecule has 0 saturated heterocycles. The van der Waals surface area contributed by atoms with Gasteiger partial charge in [0, 0.05) is 30.2 Å². The van der Waals surface area contributed by atoms with Crippen LogP contribution in [0.1, 0.15) is 29.0 Å². The summed E-state index contributed by atoms with van der Waals surface area (Å²) in [7, 11) is 4.45. The van der Waals surface area contributed by atoms with Crippen molar-refractivity contribution in [1.82, 2.24) is 0 Å². The Balaban J connectivity index is 2.29. The first-order chi connectivity index (χ1) is 12.5. The molecule has 0 saturated carbocycles. The summed E-state index contributed by atoms with van der Waals surface area (Å²) in [4.78, 5) is 12.2. The Hall–Kier alpha value is -3.09. The van der Waals surface area contributed by atoms with E-state index in [9.17, 15) is 9.18 Å². The molecular weight excluding hydrogens is 339 g/mol. The second kappa shape index (κ2) is 7.03. The van der Waals surface area contributed by atoms with Crippen molar-refractivity contribution >= 4 is 17.8 Å². The Kier molecular flexibility index (Phi) is 4.79. The fourth-order valence-electron chi connectivity index (χ4n) is 3.30. The normalized spacial score (nSPS) is 15.7. The van der Waals surface area contributed by atoms with Gasteiger partial charge in [-0.05, 0) is 23.3 Å². The SMILES string of the molecule is COc1cc2c(c(OC)c1OC)C(c1cc(C=N)ccc1F)CC(=O)N2. The van der Waals surface area contributed by atoms with E-state index in [2.05, 4.69) is 5.32 Å². The highest BCUT2D eigenvalue weighted by Gasteiger charge is 2.34. The van der Waals surface area contributed by atoms with E-state index in [1.54, 1.807) is 12.1 Å².